The zero-order valence-corrected chi connectivity index (χ0v) is 12.7. The lowest BCUT2D eigenvalue weighted by molar-refractivity contribution is 0.0784. The lowest BCUT2D eigenvalue weighted by Crippen LogP contribution is -2.27. The third kappa shape index (κ3) is 3.39. The highest BCUT2D eigenvalue weighted by molar-refractivity contribution is 6.34. The Morgan fingerprint density at radius 1 is 1.20 bits per heavy atom. The van der Waals surface area contributed by atoms with E-state index in [0.717, 1.165) is 5.56 Å². The number of amides is 1. The second kappa shape index (κ2) is 6.39. The molecular weight excluding hydrogens is 321 g/mol. The number of nitrogens with zero attached hydrogens (tertiary/aromatic N) is 3. The normalized spacial score (nSPS) is 10.4. The minimum atomic E-state index is -0.299. The highest BCUT2D eigenvalue weighted by atomic mass is 35.5. The summed E-state index contributed by atoms with van der Waals surface area (Å²) in [7, 11) is 1.65. The van der Waals surface area contributed by atoms with Crippen molar-refractivity contribution < 1.29 is 4.79 Å². The topological polar surface area (TPSA) is 46.1 Å². The summed E-state index contributed by atoms with van der Waals surface area (Å²) < 4.78 is 0. The number of hydrogen-bond acceptors (Lipinski definition) is 3. The van der Waals surface area contributed by atoms with E-state index in [2.05, 4.69) is 10.2 Å². The highest BCUT2D eigenvalue weighted by Gasteiger charge is 2.18. The Kier molecular flexibility index (Phi) is 4.81. The van der Waals surface area contributed by atoms with Crippen molar-refractivity contribution >= 4 is 40.7 Å². The fraction of sp³-hybridized carbons (Fsp3) is 0.154. The second-order valence-corrected chi connectivity index (χ2v) is 5.28. The molecule has 0 aliphatic heterocycles. The summed E-state index contributed by atoms with van der Waals surface area (Å²) in [5, 5.41) is 7.92. The van der Waals surface area contributed by atoms with Crippen LogP contribution < -0.4 is 0 Å². The number of rotatable bonds is 3. The molecule has 1 aromatic heterocycles. The Bertz CT molecular complexity index is 649. The molecule has 2 rings (SSSR count). The number of halogens is 3. The predicted molar refractivity (Wildman–Crippen MR) is 79.3 cm³/mol. The van der Waals surface area contributed by atoms with Gasteiger partial charge in [-0.15, -0.1) is 10.2 Å². The summed E-state index contributed by atoms with van der Waals surface area (Å²) in [4.78, 5) is 13.8. The Morgan fingerprint density at radius 3 is 2.60 bits per heavy atom. The van der Waals surface area contributed by atoms with Gasteiger partial charge in [0.05, 0.1) is 5.56 Å². The molecule has 0 atom stereocenters. The van der Waals surface area contributed by atoms with Gasteiger partial charge in [0.1, 0.15) is 0 Å². The van der Waals surface area contributed by atoms with Gasteiger partial charge in [-0.1, -0.05) is 53.0 Å². The molecule has 1 amide bonds. The second-order valence-electron chi connectivity index (χ2n) is 4.12. The average Bonchev–Trinajstić information content (AvgIpc) is 2.43. The summed E-state index contributed by atoms with van der Waals surface area (Å²) in [5.74, 6) is -0.299. The minimum Gasteiger partial charge on any atom is -0.337 e. The van der Waals surface area contributed by atoms with Crippen molar-refractivity contribution in [2.75, 3.05) is 7.05 Å². The van der Waals surface area contributed by atoms with Gasteiger partial charge in [0.25, 0.3) is 5.91 Å². The first-order valence-electron chi connectivity index (χ1n) is 5.66. The SMILES string of the molecule is CN(Cc1ccccc1Cl)C(=O)c1cc(Cl)nnc1Cl. The molecule has 0 unspecified atom stereocenters. The van der Waals surface area contributed by atoms with Crippen LogP contribution in [0.3, 0.4) is 0 Å². The van der Waals surface area contributed by atoms with Crippen LogP contribution in [0.2, 0.25) is 15.3 Å². The van der Waals surface area contributed by atoms with E-state index in [1.807, 2.05) is 18.2 Å². The molecule has 0 aliphatic carbocycles. The molecule has 0 saturated heterocycles. The third-order valence-corrected chi connectivity index (χ3v) is 3.49. The van der Waals surface area contributed by atoms with Crippen LogP contribution in [0.1, 0.15) is 15.9 Å². The fourth-order valence-corrected chi connectivity index (χ4v) is 2.18. The first-order valence-corrected chi connectivity index (χ1v) is 6.80. The number of carbonyl (C=O) groups is 1. The number of benzene rings is 1. The molecule has 0 bridgehead atoms. The van der Waals surface area contributed by atoms with Crippen LogP contribution in [-0.2, 0) is 6.54 Å². The number of hydrogen-bond donors (Lipinski definition) is 0. The van der Waals surface area contributed by atoms with E-state index in [0.29, 0.717) is 11.6 Å². The minimum absolute atomic E-state index is 0.0189. The molecule has 104 valence electrons. The van der Waals surface area contributed by atoms with Crippen LogP contribution in [0.4, 0.5) is 0 Å². The van der Waals surface area contributed by atoms with Gasteiger partial charge in [-0.2, -0.15) is 0 Å². The zero-order chi connectivity index (χ0) is 14.7. The van der Waals surface area contributed by atoms with Crippen LogP contribution in [0.25, 0.3) is 0 Å². The number of carbonyl (C=O) groups excluding carboxylic acids is 1. The van der Waals surface area contributed by atoms with Crippen LogP contribution in [0, 0.1) is 0 Å². The molecule has 1 aromatic carbocycles. The van der Waals surface area contributed by atoms with Crippen LogP contribution in [0.15, 0.2) is 30.3 Å². The largest absolute Gasteiger partial charge is 0.337 e. The van der Waals surface area contributed by atoms with Crippen molar-refractivity contribution in [1.82, 2.24) is 15.1 Å². The molecule has 0 saturated carbocycles. The average molecular weight is 331 g/mol. The maximum Gasteiger partial charge on any atom is 0.257 e. The van der Waals surface area contributed by atoms with E-state index in [1.165, 1.54) is 11.0 Å². The van der Waals surface area contributed by atoms with E-state index < -0.39 is 0 Å². The van der Waals surface area contributed by atoms with Crippen molar-refractivity contribution in [2.24, 2.45) is 0 Å². The van der Waals surface area contributed by atoms with Gasteiger partial charge < -0.3 is 4.90 Å². The van der Waals surface area contributed by atoms with Crippen LogP contribution in [0.5, 0.6) is 0 Å². The van der Waals surface area contributed by atoms with Crippen molar-refractivity contribution in [1.29, 1.82) is 0 Å². The summed E-state index contributed by atoms with van der Waals surface area (Å²) in [5.41, 5.74) is 1.05. The zero-order valence-electron chi connectivity index (χ0n) is 10.5. The summed E-state index contributed by atoms with van der Waals surface area (Å²) in [6.07, 6.45) is 0. The van der Waals surface area contributed by atoms with Gasteiger partial charge in [-0.05, 0) is 17.7 Å². The van der Waals surface area contributed by atoms with Gasteiger partial charge in [0, 0.05) is 18.6 Å². The van der Waals surface area contributed by atoms with E-state index in [4.69, 9.17) is 34.8 Å². The molecule has 0 radical (unpaired) electrons. The van der Waals surface area contributed by atoms with E-state index in [-0.39, 0.29) is 21.8 Å². The maximum absolute atomic E-state index is 12.3. The Morgan fingerprint density at radius 2 is 1.90 bits per heavy atom. The molecule has 1 heterocycles. The molecule has 20 heavy (non-hydrogen) atoms. The lowest BCUT2D eigenvalue weighted by Gasteiger charge is -2.18. The summed E-state index contributed by atoms with van der Waals surface area (Å²) in [6.45, 7) is 0.356. The smallest absolute Gasteiger partial charge is 0.257 e. The van der Waals surface area contributed by atoms with Crippen LogP contribution in [-0.4, -0.2) is 28.1 Å². The van der Waals surface area contributed by atoms with E-state index in [9.17, 15) is 4.79 Å². The summed E-state index contributed by atoms with van der Waals surface area (Å²) >= 11 is 17.7. The molecule has 4 nitrogen and oxygen atoms in total. The third-order valence-electron chi connectivity index (χ3n) is 2.66. The van der Waals surface area contributed by atoms with Gasteiger partial charge >= 0.3 is 0 Å². The fourth-order valence-electron chi connectivity index (χ4n) is 1.66. The number of aromatic nitrogens is 2. The summed E-state index contributed by atoms with van der Waals surface area (Å²) in [6, 6.07) is 8.70. The molecule has 0 fully saturated rings. The van der Waals surface area contributed by atoms with Crippen LogP contribution >= 0.6 is 34.8 Å². The molecule has 0 spiro atoms. The van der Waals surface area contributed by atoms with Crippen molar-refractivity contribution in [3.8, 4) is 0 Å². The standard InChI is InChI=1S/C13H10Cl3N3O/c1-19(7-8-4-2-3-5-10(8)14)13(20)9-6-11(15)17-18-12(9)16/h2-6H,7H2,1H3. The van der Waals surface area contributed by atoms with E-state index in [1.54, 1.807) is 13.1 Å². The molecular formula is C13H10Cl3N3O. The quantitative estimate of drug-likeness (QED) is 0.862. The monoisotopic (exact) mass is 329 g/mol. The molecule has 0 N–H and O–H groups in total. The predicted octanol–water partition coefficient (Wildman–Crippen LogP) is 3.71. The van der Waals surface area contributed by atoms with Crippen molar-refractivity contribution in [3.05, 3.63) is 56.8 Å². The van der Waals surface area contributed by atoms with Gasteiger partial charge in [0.2, 0.25) is 0 Å². The van der Waals surface area contributed by atoms with Gasteiger partial charge in [-0.3, -0.25) is 4.79 Å². The Hall–Kier alpha value is -1.36. The van der Waals surface area contributed by atoms with Gasteiger partial charge in [0.15, 0.2) is 10.3 Å². The molecule has 2 aromatic rings. The Labute approximate surface area is 131 Å². The maximum atomic E-state index is 12.3. The van der Waals surface area contributed by atoms with E-state index >= 15 is 0 Å². The molecule has 7 heteroatoms. The molecule has 0 aliphatic rings. The van der Waals surface area contributed by atoms with Gasteiger partial charge in [-0.25, -0.2) is 0 Å². The first-order chi connectivity index (χ1) is 9.49. The van der Waals surface area contributed by atoms with Crippen molar-refractivity contribution in [2.45, 2.75) is 6.54 Å². The van der Waals surface area contributed by atoms with Crippen molar-refractivity contribution in [3.63, 3.8) is 0 Å². The Balaban J connectivity index is 2.21. The lowest BCUT2D eigenvalue weighted by atomic mass is 10.2. The highest BCUT2D eigenvalue weighted by Crippen LogP contribution is 2.20. The first kappa shape index (κ1) is 15.0.